The van der Waals surface area contributed by atoms with E-state index in [9.17, 15) is 13.2 Å². The highest BCUT2D eigenvalue weighted by atomic mass is 35.5. The van der Waals surface area contributed by atoms with E-state index in [-0.39, 0.29) is 23.3 Å². The van der Waals surface area contributed by atoms with Gasteiger partial charge in [0.05, 0.1) is 22.7 Å². The number of sulfonamides is 1. The number of benzene rings is 2. The Kier molecular flexibility index (Phi) is 6.09. The lowest BCUT2D eigenvalue weighted by Gasteiger charge is -2.34. The minimum atomic E-state index is -3.54. The van der Waals surface area contributed by atoms with Gasteiger partial charge in [-0.1, -0.05) is 24.4 Å². The summed E-state index contributed by atoms with van der Waals surface area (Å²) in [4.78, 5) is 19.2. The third kappa shape index (κ3) is 4.55. The molecule has 2 aromatic rings. The normalized spacial score (nSPS) is 20.6. The van der Waals surface area contributed by atoms with Crippen LogP contribution in [0.25, 0.3) is 5.70 Å². The lowest BCUT2D eigenvalue weighted by atomic mass is 10.0. The number of rotatable bonds is 5. The average molecular weight is 500 g/mol. The minimum absolute atomic E-state index is 0.0224. The Morgan fingerprint density at radius 2 is 1.85 bits per heavy atom. The topological polar surface area (TPSA) is 103 Å². The maximum atomic E-state index is 12.7. The Bertz CT molecular complexity index is 1280. The first kappa shape index (κ1) is 22.9. The van der Waals surface area contributed by atoms with Gasteiger partial charge >= 0.3 is 0 Å². The summed E-state index contributed by atoms with van der Waals surface area (Å²) in [6.45, 7) is 0. The predicted molar refractivity (Wildman–Crippen MR) is 134 cm³/mol. The number of fused-ring (bicyclic) bond motifs is 2. The number of nitrogens with one attached hydrogen (secondary N) is 3. The van der Waals surface area contributed by atoms with Crippen LogP contribution >= 0.6 is 11.6 Å². The summed E-state index contributed by atoms with van der Waals surface area (Å²) in [5.74, 6) is -0.122. The second kappa shape index (κ2) is 9.05. The molecule has 3 aliphatic rings. The van der Waals surface area contributed by atoms with Crippen molar-refractivity contribution in [1.29, 1.82) is 0 Å². The Morgan fingerprint density at radius 3 is 2.59 bits per heavy atom. The van der Waals surface area contributed by atoms with Gasteiger partial charge in [0.25, 0.3) is 0 Å². The number of carbonyl (C=O) groups is 1. The maximum absolute atomic E-state index is 12.7. The van der Waals surface area contributed by atoms with Gasteiger partial charge in [0.2, 0.25) is 15.9 Å². The number of hydrogen-bond donors (Lipinski definition) is 3. The summed E-state index contributed by atoms with van der Waals surface area (Å²) < 4.78 is 28.2. The van der Waals surface area contributed by atoms with E-state index in [0.717, 1.165) is 48.2 Å². The van der Waals surface area contributed by atoms with E-state index in [2.05, 4.69) is 20.3 Å². The van der Waals surface area contributed by atoms with Gasteiger partial charge in [-0.15, -0.1) is 0 Å². The molecule has 10 heteroatoms. The fourth-order valence-corrected chi connectivity index (χ4v) is 6.18. The van der Waals surface area contributed by atoms with Gasteiger partial charge in [-0.2, -0.15) is 0 Å². The molecule has 1 saturated carbocycles. The molecule has 5 rings (SSSR count). The summed E-state index contributed by atoms with van der Waals surface area (Å²) >= 11 is 6.15. The van der Waals surface area contributed by atoms with E-state index in [1.807, 2.05) is 18.0 Å². The van der Waals surface area contributed by atoms with Gasteiger partial charge < -0.3 is 15.5 Å². The van der Waals surface area contributed by atoms with Gasteiger partial charge in [0, 0.05) is 41.2 Å². The van der Waals surface area contributed by atoms with Crippen LogP contribution in [0.15, 0.2) is 57.9 Å². The largest absolute Gasteiger partial charge is 0.347 e. The third-order valence-corrected chi connectivity index (χ3v) is 8.17. The lowest BCUT2D eigenvalue weighted by Crippen LogP contribution is -2.38. The average Bonchev–Trinajstić information content (AvgIpc) is 3.24. The van der Waals surface area contributed by atoms with Crippen LogP contribution in [0.2, 0.25) is 5.02 Å². The van der Waals surface area contributed by atoms with E-state index < -0.39 is 16.3 Å². The van der Waals surface area contributed by atoms with Crippen LogP contribution in [-0.2, 0) is 14.8 Å². The molecule has 1 aliphatic carbocycles. The summed E-state index contributed by atoms with van der Waals surface area (Å²) in [7, 11) is -1.64. The van der Waals surface area contributed by atoms with Gasteiger partial charge in [0.1, 0.15) is 0 Å². The van der Waals surface area contributed by atoms with E-state index >= 15 is 0 Å². The molecule has 1 atom stereocenters. The number of hydrogen-bond acceptors (Lipinski definition) is 6. The minimum Gasteiger partial charge on any atom is -0.347 e. The molecule has 0 aromatic heterocycles. The van der Waals surface area contributed by atoms with E-state index in [4.69, 9.17) is 11.6 Å². The molecule has 1 unspecified atom stereocenters. The van der Waals surface area contributed by atoms with Crippen molar-refractivity contribution in [2.24, 2.45) is 4.99 Å². The van der Waals surface area contributed by atoms with Crippen molar-refractivity contribution in [2.45, 2.75) is 49.3 Å². The van der Waals surface area contributed by atoms with Crippen molar-refractivity contribution in [2.75, 3.05) is 17.7 Å². The molecule has 8 nitrogen and oxygen atoms in total. The van der Waals surface area contributed by atoms with Crippen molar-refractivity contribution >= 4 is 50.8 Å². The molecule has 0 spiro atoms. The van der Waals surface area contributed by atoms with Crippen LogP contribution in [-0.4, -0.2) is 44.8 Å². The standard InChI is InChI=1S/C24H26ClN5O3S/c1-30-23-15(12-22(31)28-21-13-16(25)6-11-20(21)23)14-26-24(30)27-17-7-9-19(10-8-17)34(32,33)29-18-4-2-3-5-18/h6-11,13-14,18,24,27,29H,2-5,12H2,1H3,(H,28,31). The zero-order valence-corrected chi connectivity index (χ0v) is 20.3. The van der Waals surface area contributed by atoms with Crippen molar-refractivity contribution in [3.8, 4) is 0 Å². The van der Waals surface area contributed by atoms with Gasteiger partial charge in [-0.05, 0) is 55.3 Å². The summed E-state index contributed by atoms with van der Waals surface area (Å²) in [6.07, 6.45) is 5.40. The second-order valence-corrected chi connectivity index (χ2v) is 11.0. The first-order valence-electron chi connectivity index (χ1n) is 11.3. The molecule has 0 saturated heterocycles. The first-order valence-corrected chi connectivity index (χ1v) is 13.1. The third-order valence-electron chi connectivity index (χ3n) is 6.39. The molecule has 0 bridgehead atoms. The molecule has 34 heavy (non-hydrogen) atoms. The molecule has 2 aromatic carbocycles. The van der Waals surface area contributed by atoms with Crippen LogP contribution in [0.3, 0.4) is 0 Å². The molecule has 2 aliphatic heterocycles. The Hall–Kier alpha value is -2.88. The highest BCUT2D eigenvalue weighted by molar-refractivity contribution is 7.89. The van der Waals surface area contributed by atoms with E-state index in [1.54, 1.807) is 42.6 Å². The van der Waals surface area contributed by atoms with Crippen molar-refractivity contribution in [3.05, 3.63) is 58.6 Å². The fraction of sp³-hybridized carbons (Fsp3) is 0.333. The van der Waals surface area contributed by atoms with Crippen LogP contribution in [0, 0.1) is 0 Å². The highest BCUT2D eigenvalue weighted by Crippen LogP contribution is 2.37. The van der Waals surface area contributed by atoms with Crippen molar-refractivity contribution < 1.29 is 13.2 Å². The summed E-state index contributed by atoms with van der Waals surface area (Å²) in [5.41, 5.74) is 3.96. The number of aliphatic imine (C=N–C) groups is 1. The number of amides is 1. The molecule has 1 amide bonds. The lowest BCUT2D eigenvalue weighted by molar-refractivity contribution is -0.115. The Labute approximate surface area is 204 Å². The quantitative estimate of drug-likeness (QED) is 0.576. The SMILES string of the molecule is CN1C2=C(C=NC1Nc1ccc(S(=O)(=O)NC3CCCC3)cc1)CC(=O)Nc1cc(Cl)ccc12. The Morgan fingerprint density at radius 1 is 1.12 bits per heavy atom. The summed E-state index contributed by atoms with van der Waals surface area (Å²) in [6, 6.07) is 12.1. The van der Waals surface area contributed by atoms with Crippen molar-refractivity contribution in [1.82, 2.24) is 9.62 Å². The van der Waals surface area contributed by atoms with Gasteiger partial charge in [0.15, 0.2) is 6.29 Å². The maximum Gasteiger partial charge on any atom is 0.240 e. The van der Waals surface area contributed by atoms with Crippen LogP contribution in [0.5, 0.6) is 0 Å². The van der Waals surface area contributed by atoms with Gasteiger partial charge in [-0.25, -0.2) is 18.1 Å². The molecule has 2 heterocycles. The number of nitrogens with zero attached hydrogens (tertiary/aromatic N) is 2. The van der Waals surface area contributed by atoms with Gasteiger partial charge in [-0.3, -0.25) is 4.79 Å². The fourth-order valence-electron chi connectivity index (χ4n) is 4.70. The number of carbonyl (C=O) groups excluding carboxylic acids is 1. The van der Waals surface area contributed by atoms with Crippen molar-refractivity contribution in [3.63, 3.8) is 0 Å². The molecule has 3 N–H and O–H groups in total. The molecular formula is C24H26ClN5O3S. The molecule has 178 valence electrons. The van der Waals surface area contributed by atoms with E-state index in [0.29, 0.717) is 10.7 Å². The molecule has 0 radical (unpaired) electrons. The second-order valence-electron chi connectivity index (χ2n) is 8.82. The highest BCUT2D eigenvalue weighted by Gasteiger charge is 2.29. The predicted octanol–water partition coefficient (Wildman–Crippen LogP) is 4.03. The van der Waals surface area contributed by atoms with E-state index in [1.165, 1.54) is 0 Å². The molecule has 1 fully saturated rings. The Balaban J connectivity index is 1.35. The summed E-state index contributed by atoms with van der Waals surface area (Å²) in [5, 5.41) is 6.79. The first-order chi connectivity index (χ1) is 16.3. The smallest absolute Gasteiger partial charge is 0.240 e. The van der Waals surface area contributed by atoms with Crippen LogP contribution < -0.4 is 15.4 Å². The zero-order chi connectivity index (χ0) is 23.9. The number of anilines is 2. The zero-order valence-electron chi connectivity index (χ0n) is 18.7. The monoisotopic (exact) mass is 499 g/mol. The molecular weight excluding hydrogens is 474 g/mol. The number of halogens is 1. The van der Waals surface area contributed by atoms with Crippen LogP contribution in [0.4, 0.5) is 11.4 Å². The van der Waals surface area contributed by atoms with Crippen LogP contribution in [0.1, 0.15) is 37.7 Å².